The van der Waals surface area contributed by atoms with Gasteiger partial charge >= 0.3 is 5.97 Å². The largest absolute Gasteiger partial charge is 0.481 e. The molecule has 2 N–H and O–H groups in total. The van der Waals surface area contributed by atoms with Crippen molar-refractivity contribution < 1.29 is 19.6 Å². The van der Waals surface area contributed by atoms with Crippen LogP contribution in [-0.2, 0) is 4.79 Å². The van der Waals surface area contributed by atoms with E-state index in [1.807, 2.05) is 0 Å². The molecule has 0 aromatic heterocycles. The zero-order valence-corrected chi connectivity index (χ0v) is 11.3. The van der Waals surface area contributed by atoms with Crippen LogP contribution in [0.5, 0.6) is 0 Å². The van der Waals surface area contributed by atoms with Crippen molar-refractivity contribution in [3.8, 4) is 0 Å². The highest BCUT2D eigenvalue weighted by Crippen LogP contribution is 2.17. The summed E-state index contributed by atoms with van der Waals surface area (Å²) in [5, 5.41) is 22.0. The van der Waals surface area contributed by atoms with Crippen molar-refractivity contribution >= 4 is 17.6 Å². The molecule has 0 saturated carbocycles. The molecule has 1 amide bonds. The third-order valence-corrected chi connectivity index (χ3v) is 2.78. The van der Waals surface area contributed by atoms with Crippen LogP contribution >= 0.6 is 0 Å². The molecule has 0 bridgehead atoms. The molecule has 0 saturated heterocycles. The number of non-ortho nitro benzene ring substituents is 1. The number of hydrogen-bond donors (Lipinski definition) is 2. The highest BCUT2D eigenvalue weighted by molar-refractivity contribution is 5.95. The molecule has 0 aliphatic rings. The van der Waals surface area contributed by atoms with Gasteiger partial charge in [-0.2, -0.15) is 0 Å². The smallest absolute Gasteiger partial charge is 0.305 e. The molecule has 0 spiro atoms. The van der Waals surface area contributed by atoms with E-state index in [9.17, 15) is 19.7 Å². The van der Waals surface area contributed by atoms with E-state index in [4.69, 9.17) is 5.11 Å². The van der Waals surface area contributed by atoms with Crippen molar-refractivity contribution in [2.24, 2.45) is 0 Å². The van der Waals surface area contributed by atoms with E-state index < -0.39 is 22.8 Å². The van der Waals surface area contributed by atoms with Gasteiger partial charge in [-0.15, -0.1) is 0 Å². The van der Waals surface area contributed by atoms with Crippen LogP contribution in [0.3, 0.4) is 0 Å². The average molecular weight is 280 g/mol. The molecule has 1 unspecified atom stereocenters. The number of rotatable bonds is 6. The average Bonchev–Trinajstić information content (AvgIpc) is 2.36. The van der Waals surface area contributed by atoms with Crippen molar-refractivity contribution in [3.05, 3.63) is 39.4 Å². The first kappa shape index (κ1) is 15.6. The first-order chi connectivity index (χ1) is 9.33. The fraction of sp³-hybridized carbons (Fsp3) is 0.385. The molecule has 7 heteroatoms. The zero-order valence-electron chi connectivity index (χ0n) is 11.3. The second-order valence-electron chi connectivity index (χ2n) is 4.49. The first-order valence-electron chi connectivity index (χ1n) is 6.12. The predicted molar refractivity (Wildman–Crippen MR) is 71.6 cm³/mol. The van der Waals surface area contributed by atoms with Gasteiger partial charge in [0.05, 0.1) is 11.3 Å². The Kier molecular flexibility index (Phi) is 5.19. The van der Waals surface area contributed by atoms with Crippen LogP contribution in [0.4, 0.5) is 5.69 Å². The van der Waals surface area contributed by atoms with Crippen molar-refractivity contribution in [1.82, 2.24) is 5.32 Å². The van der Waals surface area contributed by atoms with Gasteiger partial charge in [0.1, 0.15) is 0 Å². The SMILES string of the molecule is CCC(CC(=O)O)NC(=O)c1cc(C)cc([N+](=O)[O-])c1. The molecule has 0 heterocycles. The molecule has 0 fully saturated rings. The van der Waals surface area contributed by atoms with Crippen LogP contribution in [0, 0.1) is 17.0 Å². The maximum Gasteiger partial charge on any atom is 0.305 e. The Morgan fingerprint density at radius 3 is 2.55 bits per heavy atom. The minimum atomic E-state index is -1.01. The summed E-state index contributed by atoms with van der Waals surface area (Å²) >= 11 is 0. The van der Waals surface area contributed by atoms with Gasteiger partial charge in [-0.1, -0.05) is 6.92 Å². The second kappa shape index (κ2) is 6.65. The van der Waals surface area contributed by atoms with E-state index in [2.05, 4.69) is 5.32 Å². The monoisotopic (exact) mass is 280 g/mol. The minimum Gasteiger partial charge on any atom is -0.481 e. The number of benzene rings is 1. The quantitative estimate of drug-likeness (QED) is 0.610. The summed E-state index contributed by atoms with van der Waals surface area (Å²) in [6.45, 7) is 3.41. The molecular formula is C13H16N2O5. The number of carboxylic acid groups (broad SMARTS) is 1. The number of nitro benzene ring substituents is 1. The van der Waals surface area contributed by atoms with Gasteiger partial charge in [0.25, 0.3) is 11.6 Å². The van der Waals surface area contributed by atoms with Crippen molar-refractivity contribution in [2.45, 2.75) is 32.7 Å². The Morgan fingerprint density at radius 2 is 2.05 bits per heavy atom. The number of nitro groups is 1. The number of nitrogens with zero attached hydrogens (tertiary/aromatic N) is 1. The van der Waals surface area contributed by atoms with Crippen LogP contribution in [-0.4, -0.2) is 27.9 Å². The summed E-state index contributed by atoms with van der Waals surface area (Å²) in [7, 11) is 0. The molecule has 0 aliphatic carbocycles. The van der Waals surface area contributed by atoms with Crippen LogP contribution in [0.1, 0.15) is 35.7 Å². The summed E-state index contributed by atoms with van der Waals surface area (Å²) in [5.41, 5.74) is 0.581. The molecule has 1 aromatic rings. The van der Waals surface area contributed by atoms with Crippen LogP contribution < -0.4 is 5.32 Å². The van der Waals surface area contributed by atoms with Crippen LogP contribution in [0.2, 0.25) is 0 Å². The Morgan fingerprint density at radius 1 is 1.40 bits per heavy atom. The van der Waals surface area contributed by atoms with Crippen molar-refractivity contribution in [1.29, 1.82) is 0 Å². The number of amides is 1. The number of hydrogen-bond acceptors (Lipinski definition) is 4. The first-order valence-corrected chi connectivity index (χ1v) is 6.12. The van der Waals surface area contributed by atoms with E-state index in [0.717, 1.165) is 0 Å². The van der Waals surface area contributed by atoms with Crippen molar-refractivity contribution in [3.63, 3.8) is 0 Å². The lowest BCUT2D eigenvalue weighted by Gasteiger charge is -2.14. The van der Waals surface area contributed by atoms with E-state index in [-0.39, 0.29) is 17.7 Å². The summed E-state index contributed by atoms with van der Waals surface area (Å²) in [6, 6.07) is 3.57. The number of aryl methyl sites for hydroxylation is 1. The fourth-order valence-electron chi connectivity index (χ4n) is 1.78. The lowest BCUT2D eigenvalue weighted by atomic mass is 10.1. The molecule has 7 nitrogen and oxygen atoms in total. The number of nitrogens with one attached hydrogen (secondary N) is 1. The summed E-state index contributed by atoms with van der Waals surface area (Å²) in [4.78, 5) is 32.8. The molecule has 108 valence electrons. The number of carbonyl (C=O) groups excluding carboxylic acids is 1. The van der Waals surface area contributed by atoms with Gasteiger partial charge in [0.15, 0.2) is 0 Å². The highest BCUT2D eigenvalue weighted by Gasteiger charge is 2.17. The zero-order chi connectivity index (χ0) is 15.3. The van der Waals surface area contributed by atoms with Gasteiger partial charge in [0.2, 0.25) is 0 Å². The second-order valence-corrected chi connectivity index (χ2v) is 4.49. The van der Waals surface area contributed by atoms with E-state index in [0.29, 0.717) is 12.0 Å². The normalized spacial score (nSPS) is 11.7. The van der Waals surface area contributed by atoms with Gasteiger partial charge in [-0.25, -0.2) is 0 Å². The molecule has 1 rings (SSSR count). The van der Waals surface area contributed by atoms with E-state index in [1.165, 1.54) is 18.2 Å². The van der Waals surface area contributed by atoms with Gasteiger partial charge < -0.3 is 10.4 Å². The third kappa shape index (κ3) is 4.34. The predicted octanol–water partition coefficient (Wildman–Crippen LogP) is 1.89. The third-order valence-electron chi connectivity index (χ3n) is 2.78. The standard InChI is InChI=1S/C13H16N2O5/c1-3-10(7-12(16)17)14-13(18)9-4-8(2)5-11(6-9)15(19)20/h4-6,10H,3,7H2,1-2H3,(H,14,18)(H,16,17). The highest BCUT2D eigenvalue weighted by atomic mass is 16.6. The summed E-state index contributed by atoms with van der Waals surface area (Å²) in [6.07, 6.45) is 0.280. The van der Waals surface area contributed by atoms with Crippen molar-refractivity contribution in [2.75, 3.05) is 0 Å². The lowest BCUT2D eigenvalue weighted by molar-refractivity contribution is -0.384. The van der Waals surface area contributed by atoms with Crippen LogP contribution in [0.25, 0.3) is 0 Å². The molecule has 1 atom stereocenters. The molecule has 0 radical (unpaired) electrons. The Balaban J connectivity index is 2.91. The topological polar surface area (TPSA) is 110 Å². The number of aliphatic carboxylic acids is 1. The Labute approximate surface area is 115 Å². The maximum atomic E-state index is 12.0. The molecule has 0 aliphatic heterocycles. The van der Waals surface area contributed by atoms with Gasteiger partial charge in [-0.05, 0) is 25.0 Å². The number of carboxylic acids is 1. The van der Waals surface area contributed by atoms with E-state index in [1.54, 1.807) is 13.8 Å². The summed E-state index contributed by atoms with van der Waals surface area (Å²) in [5.74, 6) is -1.52. The fourth-order valence-corrected chi connectivity index (χ4v) is 1.78. The lowest BCUT2D eigenvalue weighted by Crippen LogP contribution is -2.36. The minimum absolute atomic E-state index is 0.153. The summed E-state index contributed by atoms with van der Waals surface area (Å²) < 4.78 is 0. The van der Waals surface area contributed by atoms with E-state index >= 15 is 0 Å². The van der Waals surface area contributed by atoms with Gasteiger partial charge in [0, 0.05) is 23.7 Å². The molecule has 1 aromatic carbocycles. The van der Waals surface area contributed by atoms with Gasteiger partial charge in [-0.3, -0.25) is 19.7 Å². The maximum absolute atomic E-state index is 12.0. The Hall–Kier alpha value is -2.44. The Bertz CT molecular complexity index is 542. The number of carbonyl (C=O) groups is 2. The molecule has 20 heavy (non-hydrogen) atoms. The van der Waals surface area contributed by atoms with Crippen LogP contribution in [0.15, 0.2) is 18.2 Å². The molecular weight excluding hydrogens is 264 g/mol.